The van der Waals surface area contributed by atoms with Gasteiger partial charge in [0.1, 0.15) is 5.69 Å². The predicted molar refractivity (Wildman–Crippen MR) is 79.9 cm³/mol. The van der Waals surface area contributed by atoms with Crippen LogP contribution < -0.4 is 5.32 Å². The highest BCUT2D eigenvalue weighted by atomic mass is 32.1. The largest absolute Gasteiger partial charge is 0.393 e. The molecule has 0 spiro atoms. The van der Waals surface area contributed by atoms with E-state index in [1.54, 1.807) is 30.5 Å². The van der Waals surface area contributed by atoms with Gasteiger partial charge in [-0.05, 0) is 32.8 Å². The Balaban J connectivity index is 1.90. The lowest BCUT2D eigenvalue weighted by molar-refractivity contribution is 0.0945. The van der Waals surface area contributed by atoms with E-state index in [2.05, 4.69) is 15.3 Å². The first-order chi connectivity index (χ1) is 9.56. The summed E-state index contributed by atoms with van der Waals surface area (Å²) >= 11 is 1.59. The Morgan fingerprint density at radius 2 is 2.40 bits per heavy atom. The molecule has 108 valence electrons. The average Bonchev–Trinajstić information content (AvgIpc) is 3.02. The van der Waals surface area contributed by atoms with Gasteiger partial charge in [0, 0.05) is 23.7 Å². The zero-order valence-corrected chi connectivity index (χ0v) is 12.5. The lowest BCUT2D eigenvalue weighted by Gasteiger charge is -2.05. The Labute approximate surface area is 122 Å². The summed E-state index contributed by atoms with van der Waals surface area (Å²) in [6.45, 7) is 4.26. The number of rotatable bonds is 6. The number of nitrogens with zero attached hydrogens (tertiary/aromatic N) is 1. The van der Waals surface area contributed by atoms with Crippen molar-refractivity contribution in [3.8, 4) is 11.3 Å². The van der Waals surface area contributed by atoms with E-state index in [-0.39, 0.29) is 12.0 Å². The first-order valence-corrected chi connectivity index (χ1v) is 7.51. The van der Waals surface area contributed by atoms with Crippen molar-refractivity contribution in [2.24, 2.45) is 0 Å². The molecule has 5 nitrogen and oxygen atoms in total. The zero-order valence-electron chi connectivity index (χ0n) is 11.6. The van der Waals surface area contributed by atoms with Crippen LogP contribution in [0, 0.1) is 6.92 Å². The molecule has 20 heavy (non-hydrogen) atoms. The van der Waals surface area contributed by atoms with Crippen LogP contribution in [0.4, 0.5) is 0 Å². The van der Waals surface area contributed by atoms with E-state index in [9.17, 15) is 4.79 Å². The predicted octanol–water partition coefficient (Wildman–Crippen LogP) is 2.34. The van der Waals surface area contributed by atoms with Gasteiger partial charge in [0.05, 0.1) is 16.8 Å². The summed E-state index contributed by atoms with van der Waals surface area (Å²) in [5.41, 5.74) is 2.34. The first-order valence-electron chi connectivity index (χ1n) is 6.63. The highest BCUT2D eigenvalue weighted by Crippen LogP contribution is 2.22. The number of aryl methyl sites for hydroxylation is 1. The number of aromatic nitrogens is 2. The fraction of sp³-hybridized carbons (Fsp3) is 0.429. The number of hydrogen-bond acceptors (Lipinski definition) is 4. The number of carbonyl (C=O) groups is 1. The van der Waals surface area contributed by atoms with Gasteiger partial charge in [-0.3, -0.25) is 4.79 Å². The molecule has 0 saturated carbocycles. The maximum Gasteiger partial charge on any atom is 0.267 e. The molecule has 0 aliphatic heterocycles. The maximum atomic E-state index is 11.9. The van der Waals surface area contributed by atoms with E-state index < -0.39 is 0 Å². The van der Waals surface area contributed by atoms with Crippen molar-refractivity contribution in [3.05, 3.63) is 28.3 Å². The third kappa shape index (κ3) is 3.91. The number of aliphatic hydroxyl groups excluding tert-OH is 1. The van der Waals surface area contributed by atoms with Crippen molar-refractivity contribution >= 4 is 17.2 Å². The van der Waals surface area contributed by atoms with Crippen molar-refractivity contribution in [3.63, 3.8) is 0 Å². The van der Waals surface area contributed by atoms with Crippen molar-refractivity contribution in [2.75, 3.05) is 6.54 Å². The van der Waals surface area contributed by atoms with Crippen LogP contribution in [0.3, 0.4) is 0 Å². The van der Waals surface area contributed by atoms with Gasteiger partial charge < -0.3 is 15.4 Å². The average molecular weight is 293 g/mol. The quantitative estimate of drug-likeness (QED) is 0.715. The Morgan fingerprint density at radius 1 is 1.60 bits per heavy atom. The van der Waals surface area contributed by atoms with Crippen LogP contribution in [0.1, 0.15) is 35.3 Å². The number of H-pyrrole nitrogens is 1. The molecule has 0 radical (unpaired) electrons. The molecular weight excluding hydrogens is 274 g/mol. The molecule has 2 aromatic heterocycles. The van der Waals surface area contributed by atoms with Crippen molar-refractivity contribution in [2.45, 2.75) is 32.8 Å². The molecule has 3 N–H and O–H groups in total. The molecule has 6 heteroatoms. The smallest absolute Gasteiger partial charge is 0.267 e. The summed E-state index contributed by atoms with van der Waals surface area (Å²) in [5, 5.41) is 14.9. The lowest BCUT2D eigenvalue weighted by atomic mass is 10.2. The molecular formula is C14H19N3O2S. The first kappa shape index (κ1) is 14.7. The van der Waals surface area contributed by atoms with Crippen LogP contribution in [-0.4, -0.2) is 33.6 Å². The van der Waals surface area contributed by atoms with Crippen LogP contribution >= 0.6 is 11.3 Å². The van der Waals surface area contributed by atoms with Gasteiger partial charge in [-0.2, -0.15) is 0 Å². The molecule has 1 unspecified atom stereocenters. The van der Waals surface area contributed by atoms with Crippen LogP contribution in [0.25, 0.3) is 11.3 Å². The zero-order chi connectivity index (χ0) is 14.5. The van der Waals surface area contributed by atoms with Gasteiger partial charge in [0.2, 0.25) is 0 Å². The topological polar surface area (TPSA) is 78.0 Å². The number of thiazole rings is 1. The molecule has 0 aliphatic carbocycles. The number of carbonyl (C=O) groups excluding carboxylic acids is 1. The molecule has 1 atom stereocenters. The van der Waals surface area contributed by atoms with Gasteiger partial charge in [-0.15, -0.1) is 11.3 Å². The number of amides is 1. The Kier molecular flexibility index (Phi) is 4.92. The summed E-state index contributed by atoms with van der Waals surface area (Å²) in [6.07, 6.45) is 2.92. The summed E-state index contributed by atoms with van der Waals surface area (Å²) in [6, 6.07) is 1.80. The van der Waals surface area contributed by atoms with E-state index in [1.807, 2.05) is 12.3 Å². The normalized spacial score (nSPS) is 12.3. The van der Waals surface area contributed by atoms with Crippen LogP contribution in [0.15, 0.2) is 17.6 Å². The van der Waals surface area contributed by atoms with Crippen LogP contribution in [0.2, 0.25) is 0 Å². The molecule has 0 fully saturated rings. The van der Waals surface area contributed by atoms with E-state index in [4.69, 9.17) is 5.11 Å². The second-order valence-electron chi connectivity index (χ2n) is 4.80. The molecule has 0 bridgehead atoms. The van der Waals surface area contributed by atoms with Gasteiger partial charge >= 0.3 is 0 Å². The van der Waals surface area contributed by atoms with Gasteiger partial charge in [-0.25, -0.2) is 4.98 Å². The summed E-state index contributed by atoms with van der Waals surface area (Å²) in [4.78, 5) is 19.3. The van der Waals surface area contributed by atoms with E-state index in [0.717, 1.165) is 22.7 Å². The molecule has 2 aromatic rings. The summed E-state index contributed by atoms with van der Waals surface area (Å²) in [7, 11) is 0. The summed E-state index contributed by atoms with van der Waals surface area (Å²) < 4.78 is 0. The van der Waals surface area contributed by atoms with E-state index in [1.165, 1.54) is 0 Å². The highest BCUT2D eigenvalue weighted by Gasteiger charge is 2.10. The monoisotopic (exact) mass is 293 g/mol. The molecule has 2 rings (SSSR count). The minimum Gasteiger partial charge on any atom is -0.393 e. The minimum atomic E-state index is -0.322. The van der Waals surface area contributed by atoms with Gasteiger partial charge in [0.25, 0.3) is 5.91 Å². The number of aromatic amines is 1. The van der Waals surface area contributed by atoms with Gasteiger partial charge in [0.15, 0.2) is 0 Å². The van der Waals surface area contributed by atoms with Gasteiger partial charge in [-0.1, -0.05) is 0 Å². The van der Waals surface area contributed by atoms with Crippen LogP contribution in [-0.2, 0) is 0 Å². The molecule has 0 aromatic carbocycles. The third-order valence-corrected chi connectivity index (χ3v) is 3.70. The fourth-order valence-corrected chi connectivity index (χ4v) is 2.49. The lowest BCUT2D eigenvalue weighted by Crippen LogP contribution is -2.25. The highest BCUT2D eigenvalue weighted by molar-refractivity contribution is 7.09. The molecule has 2 heterocycles. The third-order valence-electron chi connectivity index (χ3n) is 2.93. The number of aliphatic hydroxyl groups is 1. The second-order valence-corrected chi connectivity index (χ2v) is 5.86. The summed E-state index contributed by atoms with van der Waals surface area (Å²) in [5.74, 6) is -0.131. The molecule has 1 amide bonds. The van der Waals surface area contributed by atoms with E-state index >= 15 is 0 Å². The minimum absolute atomic E-state index is 0.131. The SMILES string of the molecule is Cc1nc(-c2c[nH]c(C(=O)NCCCC(C)O)c2)cs1. The van der Waals surface area contributed by atoms with Crippen molar-refractivity contribution in [1.82, 2.24) is 15.3 Å². The van der Waals surface area contributed by atoms with E-state index in [0.29, 0.717) is 18.7 Å². The molecule has 0 saturated heterocycles. The number of hydrogen-bond donors (Lipinski definition) is 3. The Hall–Kier alpha value is -1.66. The second kappa shape index (κ2) is 6.67. The Bertz CT molecular complexity index is 574. The molecule has 0 aliphatic rings. The standard InChI is InChI=1S/C14H19N3O2S/c1-9(18)4-3-5-15-14(19)12-6-11(7-16-12)13-8-20-10(2)17-13/h6-9,16,18H,3-5H2,1-2H3,(H,15,19). The fourth-order valence-electron chi connectivity index (χ4n) is 1.86. The Morgan fingerprint density at radius 3 is 3.05 bits per heavy atom. The maximum absolute atomic E-state index is 11.9. The van der Waals surface area contributed by atoms with Crippen molar-refractivity contribution < 1.29 is 9.90 Å². The van der Waals surface area contributed by atoms with Crippen molar-refractivity contribution in [1.29, 1.82) is 0 Å². The van der Waals surface area contributed by atoms with Crippen LogP contribution in [0.5, 0.6) is 0 Å². The number of nitrogens with one attached hydrogen (secondary N) is 2.